The van der Waals surface area contributed by atoms with Crippen LogP contribution in [-0.4, -0.2) is 7.11 Å². The van der Waals surface area contributed by atoms with Gasteiger partial charge in [-0.1, -0.05) is 28.1 Å². The van der Waals surface area contributed by atoms with Gasteiger partial charge in [0.05, 0.1) is 11.9 Å². The van der Waals surface area contributed by atoms with Crippen LogP contribution in [0.4, 0.5) is 13.2 Å². The van der Waals surface area contributed by atoms with E-state index in [9.17, 15) is 13.2 Å². The van der Waals surface area contributed by atoms with Crippen molar-refractivity contribution in [2.24, 2.45) is 0 Å². The zero-order chi connectivity index (χ0) is 14.0. The van der Waals surface area contributed by atoms with Crippen molar-refractivity contribution in [3.8, 4) is 5.75 Å². The highest BCUT2D eigenvalue weighted by Crippen LogP contribution is 2.34. The third kappa shape index (κ3) is 2.92. The molecule has 0 fully saturated rings. The largest absolute Gasteiger partial charge is 0.497 e. The van der Waals surface area contributed by atoms with Gasteiger partial charge in [0.15, 0.2) is 11.6 Å². The molecule has 1 unspecified atom stereocenters. The first-order valence-electron chi connectivity index (χ1n) is 5.45. The third-order valence-electron chi connectivity index (χ3n) is 2.72. The second-order valence-electron chi connectivity index (χ2n) is 3.92. The normalized spacial score (nSPS) is 12.3. The Kier molecular flexibility index (Phi) is 4.14. The number of hydrogen-bond donors (Lipinski definition) is 0. The first-order valence-corrected chi connectivity index (χ1v) is 6.37. The van der Waals surface area contributed by atoms with E-state index in [1.165, 1.54) is 25.3 Å². The minimum absolute atomic E-state index is 0.326. The number of methoxy groups -OCH3 is 1. The smallest absolute Gasteiger partial charge is 0.159 e. The van der Waals surface area contributed by atoms with Crippen LogP contribution in [0, 0.1) is 17.5 Å². The highest BCUT2D eigenvalue weighted by molar-refractivity contribution is 9.09. The second-order valence-corrected chi connectivity index (χ2v) is 4.84. The highest BCUT2D eigenvalue weighted by atomic mass is 79.9. The van der Waals surface area contributed by atoms with Gasteiger partial charge in [-0.25, -0.2) is 13.2 Å². The predicted octanol–water partition coefficient (Wildman–Crippen LogP) is 4.60. The van der Waals surface area contributed by atoms with Gasteiger partial charge in [0.25, 0.3) is 0 Å². The first kappa shape index (κ1) is 13.9. The fourth-order valence-electron chi connectivity index (χ4n) is 1.69. The molecule has 0 amide bonds. The van der Waals surface area contributed by atoms with E-state index in [2.05, 4.69) is 15.9 Å². The second kappa shape index (κ2) is 5.65. The van der Waals surface area contributed by atoms with Crippen molar-refractivity contribution in [3.63, 3.8) is 0 Å². The number of rotatable bonds is 3. The minimum Gasteiger partial charge on any atom is -0.497 e. The summed E-state index contributed by atoms with van der Waals surface area (Å²) in [4.78, 5) is -0.562. The summed E-state index contributed by atoms with van der Waals surface area (Å²) in [5.41, 5.74) is 0.759. The van der Waals surface area contributed by atoms with Crippen molar-refractivity contribution >= 4 is 15.9 Å². The molecule has 100 valence electrons. The minimum atomic E-state index is -0.962. The lowest BCUT2D eigenvalue weighted by molar-refractivity contribution is 0.411. The molecule has 1 atom stereocenters. The SMILES string of the molecule is COc1ccc(C(Br)c2ccc(F)c(F)c2)c(F)c1. The summed E-state index contributed by atoms with van der Waals surface area (Å²) in [6.07, 6.45) is 0. The van der Waals surface area contributed by atoms with Gasteiger partial charge in [-0.2, -0.15) is 0 Å². The lowest BCUT2D eigenvalue weighted by Gasteiger charge is -2.13. The van der Waals surface area contributed by atoms with Crippen LogP contribution in [0.1, 0.15) is 16.0 Å². The standard InChI is InChI=1S/C14H10BrF3O/c1-19-9-3-4-10(12(17)7-9)14(15)8-2-5-11(16)13(18)6-8/h2-7,14H,1H3. The van der Waals surface area contributed by atoms with E-state index in [0.29, 0.717) is 16.9 Å². The van der Waals surface area contributed by atoms with Crippen LogP contribution in [0.3, 0.4) is 0 Å². The fourth-order valence-corrected chi connectivity index (χ4v) is 2.35. The maximum absolute atomic E-state index is 13.9. The Bertz CT molecular complexity index is 601. The molecule has 0 aliphatic carbocycles. The monoisotopic (exact) mass is 330 g/mol. The molecule has 5 heteroatoms. The molecule has 0 aromatic heterocycles. The third-order valence-corrected chi connectivity index (χ3v) is 3.74. The quantitative estimate of drug-likeness (QED) is 0.747. The lowest BCUT2D eigenvalue weighted by Crippen LogP contribution is -1.99. The van der Waals surface area contributed by atoms with Gasteiger partial charge in [-0.3, -0.25) is 0 Å². The summed E-state index contributed by atoms with van der Waals surface area (Å²) in [6, 6.07) is 7.84. The van der Waals surface area contributed by atoms with E-state index in [0.717, 1.165) is 12.1 Å². The van der Waals surface area contributed by atoms with Crippen LogP contribution in [-0.2, 0) is 0 Å². The molecule has 2 aromatic rings. The summed E-state index contributed by atoms with van der Waals surface area (Å²) in [5, 5.41) is 0. The number of halogens is 4. The Morgan fingerprint density at radius 1 is 0.947 bits per heavy atom. The van der Waals surface area contributed by atoms with Crippen LogP contribution >= 0.6 is 15.9 Å². The molecule has 0 N–H and O–H groups in total. The molecule has 0 aliphatic rings. The molecular weight excluding hydrogens is 321 g/mol. The molecule has 1 nitrogen and oxygen atoms in total. The molecule has 0 saturated carbocycles. The summed E-state index contributed by atoms with van der Waals surface area (Å²) in [7, 11) is 1.44. The van der Waals surface area contributed by atoms with Gasteiger partial charge in [0.2, 0.25) is 0 Å². The van der Waals surface area contributed by atoms with Crippen LogP contribution in [0.2, 0.25) is 0 Å². The van der Waals surface area contributed by atoms with Crippen LogP contribution in [0.25, 0.3) is 0 Å². The van der Waals surface area contributed by atoms with Crippen molar-refractivity contribution in [2.45, 2.75) is 4.83 Å². The number of hydrogen-bond acceptors (Lipinski definition) is 1. The number of benzene rings is 2. The lowest BCUT2D eigenvalue weighted by atomic mass is 10.0. The molecule has 0 saturated heterocycles. The van der Waals surface area contributed by atoms with Crippen LogP contribution < -0.4 is 4.74 Å². The van der Waals surface area contributed by atoms with E-state index in [-0.39, 0.29) is 0 Å². The maximum Gasteiger partial charge on any atom is 0.159 e. The Balaban J connectivity index is 2.38. The van der Waals surface area contributed by atoms with Crippen molar-refractivity contribution in [1.82, 2.24) is 0 Å². The van der Waals surface area contributed by atoms with Crippen LogP contribution in [0.15, 0.2) is 36.4 Å². The molecule has 0 heterocycles. The van der Waals surface area contributed by atoms with Gasteiger partial charge < -0.3 is 4.74 Å². The Labute approximate surface area is 117 Å². The fraction of sp³-hybridized carbons (Fsp3) is 0.143. The Morgan fingerprint density at radius 2 is 1.68 bits per heavy atom. The zero-order valence-electron chi connectivity index (χ0n) is 9.96. The average molecular weight is 331 g/mol. The first-order chi connectivity index (χ1) is 9.02. The highest BCUT2D eigenvalue weighted by Gasteiger charge is 2.17. The molecule has 19 heavy (non-hydrogen) atoms. The van der Waals surface area contributed by atoms with Crippen LogP contribution in [0.5, 0.6) is 5.75 Å². The van der Waals surface area contributed by atoms with Gasteiger partial charge in [-0.05, 0) is 23.8 Å². The average Bonchev–Trinajstić information content (AvgIpc) is 2.41. The molecule has 0 spiro atoms. The van der Waals surface area contributed by atoms with Crippen molar-refractivity contribution in [3.05, 3.63) is 65.0 Å². The molecular formula is C14H10BrF3O. The molecule has 2 aromatic carbocycles. The van der Waals surface area contributed by atoms with E-state index >= 15 is 0 Å². The molecule has 2 rings (SSSR count). The van der Waals surface area contributed by atoms with E-state index in [1.807, 2.05) is 0 Å². The summed E-state index contributed by atoms with van der Waals surface area (Å²) >= 11 is 3.28. The van der Waals surface area contributed by atoms with Gasteiger partial charge in [-0.15, -0.1) is 0 Å². The summed E-state index contributed by atoms with van der Waals surface area (Å²) in [6.45, 7) is 0. The molecule has 0 aliphatic heterocycles. The van der Waals surface area contributed by atoms with E-state index < -0.39 is 22.3 Å². The van der Waals surface area contributed by atoms with Gasteiger partial charge in [0.1, 0.15) is 11.6 Å². The van der Waals surface area contributed by atoms with Gasteiger partial charge in [0, 0.05) is 11.6 Å². The van der Waals surface area contributed by atoms with E-state index in [1.54, 1.807) is 6.07 Å². The Morgan fingerprint density at radius 3 is 2.26 bits per heavy atom. The molecule has 0 bridgehead atoms. The van der Waals surface area contributed by atoms with E-state index in [4.69, 9.17) is 4.74 Å². The number of alkyl halides is 1. The number of ether oxygens (including phenoxy) is 1. The van der Waals surface area contributed by atoms with Crippen molar-refractivity contribution in [2.75, 3.05) is 7.11 Å². The van der Waals surface area contributed by atoms with Crippen molar-refractivity contribution < 1.29 is 17.9 Å². The summed E-state index contributed by atoms with van der Waals surface area (Å²) < 4.78 is 44.8. The maximum atomic E-state index is 13.9. The Hall–Kier alpha value is -1.49. The van der Waals surface area contributed by atoms with Gasteiger partial charge >= 0.3 is 0 Å². The zero-order valence-corrected chi connectivity index (χ0v) is 11.5. The molecule has 0 radical (unpaired) electrons. The van der Waals surface area contributed by atoms with Crippen molar-refractivity contribution in [1.29, 1.82) is 0 Å². The predicted molar refractivity (Wildman–Crippen MR) is 70.1 cm³/mol. The topological polar surface area (TPSA) is 9.23 Å². The summed E-state index contributed by atoms with van der Waals surface area (Å²) in [5.74, 6) is -1.98.